The van der Waals surface area contributed by atoms with Crippen LogP contribution in [-0.2, 0) is 89.4 Å². The van der Waals surface area contributed by atoms with Crippen LogP contribution < -0.4 is 11.5 Å². The number of hydrogen-bond acceptors (Lipinski definition) is 16. The third-order valence-corrected chi connectivity index (χ3v) is 18.7. The molecule has 580 valence electrons. The van der Waals surface area contributed by atoms with Gasteiger partial charge in [0.05, 0.1) is 24.6 Å². The largest absolute Gasteiger partial charge is 0.399 e. The lowest BCUT2D eigenvalue weighted by molar-refractivity contribution is -0.385. The first-order valence-corrected chi connectivity index (χ1v) is 37.2. The van der Waals surface area contributed by atoms with Crippen molar-refractivity contribution in [3.05, 3.63) is 438 Å². The number of nitro groups is 5. The Balaban J connectivity index is 0.000000173. The monoisotopic (exact) mass is 1520 g/mol. The molecule has 0 unspecified atom stereocenters. The Morgan fingerprint density at radius 2 is 0.345 bits per heavy atom. The summed E-state index contributed by atoms with van der Waals surface area (Å²) in [5.74, 6) is 0. The third-order valence-electron chi connectivity index (χ3n) is 18.7. The van der Waals surface area contributed by atoms with Crippen LogP contribution in [0.3, 0.4) is 0 Å². The first-order valence-electron chi connectivity index (χ1n) is 37.2. The summed E-state index contributed by atoms with van der Waals surface area (Å²) in [5, 5.41) is 54.3. The van der Waals surface area contributed by atoms with Crippen molar-refractivity contribution in [2.45, 2.75) is 131 Å². The minimum atomic E-state index is -0.463. The second-order valence-corrected chi connectivity index (χ2v) is 30.0. The molecule has 0 aromatic heterocycles. The van der Waals surface area contributed by atoms with Gasteiger partial charge in [-0.15, -0.1) is 0 Å². The lowest BCUT2D eigenvalue weighted by Gasteiger charge is -2.25. The van der Waals surface area contributed by atoms with Crippen molar-refractivity contribution < 1.29 is 24.6 Å². The molecule has 0 atom stereocenters. The molecule has 12 aromatic carbocycles. The molecule has 0 saturated carbocycles. The topological polar surface area (TPSA) is 281 Å². The van der Waals surface area contributed by atoms with Crippen molar-refractivity contribution in [1.29, 1.82) is 0 Å². The molecule has 0 saturated heterocycles. The fraction of sp³-hybridized carbons (Fsp3) is 0.217. The summed E-state index contributed by atoms with van der Waals surface area (Å²) in [6.45, 7) is 22.4. The van der Waals surface area contributed by atoms with E-state index in [1.165, 1.54) is 105 Å². The number of hydrogen-bond donors (Lipinski definition) is 2. The molecule has 12 rings (SSSR count). The Morgan fingerprint density at radius 1 is 0.212 bits per heavy atom. The predicted molar refractivity (Wildman–Crippen MR) is 449 cm³/mol. The summed E-state index contributed by atoms with van der Waals surface area (Å²) in [4.78, 5) is 61.3. The molecule has 0 aliphatic carbocycles. The van der Waals surface area contributed by atoms with Gasteiger partial charge in [0.25, 0.3) is 28.4 Å². The van der Waals surface area contributed by atoms with E-state index in [1.54, 1.807) is 60.7 Å². The number of non-ortho nitro benzene ring substituents is 5. The highest BCUT2D eigenvalue weighted by molar-refractivity contribution is 5.42. The first-order chi connectivity index (χ1) is 54.1. The number of benzene rings is 12. The van der Waals surface area contributed by atoms with Crippen molar-refractivity contribution in [3.63, 3.8) is 0 Å². The van der Waals surface area contributed by atoms with Gasteiger partial charge in [-0.25, -0.2) is 0 Å². The van der Waals surface area contributed by atoms with Crippen LogP contribution in [0.1, 0.15) is 119 Å². The van der Waals surface area contributed by atoms with Gasteiger partial charge in [0, 0.05) is 151 Å². The number of nitrogens with zero attached hydrogens (tertiary/aromatic N) is 9. The molecule has 0 fully saturated rings. The summed E-state index contributed by atoms with van der Waals surface area (Å²) in [5.41, 5.74) is 30.0. The zero-order valence-corrected chi connectivity index (χ0v) is 64.7. The van der Waals surface area contributed by atoms with Crippen LogP contribution >= 0.6 is 0 Å². The van der Waals surface area contributed by atoms with Crippen molar-refractivity contribution in [2.75, 3.05) is 11.5 Å². The normalized spacial score (nSPS) is 11.2. The zero-order chi connectivity index (χ0) is 80.9. The van der Waals surface area contributed by atoms with Gasteiger partial charge in [0.15, 0.2) is 0 Å². The lowest BCUT2D eigenvalue weighted by Crippen LogP contribution is -2.22. The first kappa shape index (κ1) is 84.1. The maximum absolute atomic E-state index is 10.9. The summed E-state index contributed by atoms with van der Waals surface area (Å²) in [6, 6.07) is 97.6. The quantitative estimate of drug-likeness (QED) is 0.0250. The Bertz CT molecular complexity index is 4650. The van der Waals surface area contributed by atoms with Gasteiger partial charge >= 0.3 is 0 Å². The van der Waals surface area contributed by atoms with Crippen LogP contribution in [0.2, 0.25) is 0 Å². The number of rotatable bonds is 29. The van der Waals surface area contributed by atoms with Gasteiger partial charge in [-0.1, -0.05) is 266 Å². The molecule has 0 spiro atoms. The number of nitrogen functional groups attached to an aromatic ring is 2. The number of nitrogens with two attached hydrogens (primary N) is 2. The van der Waals surface area contributed by atoms with Crippen LogP contribution in [0.5, 0.6) is 0 Å². The molecule has 12 aromatic rings. The second kappa shape index (κ2) is 41.2. The maximum Gasteiger partial charge on any atom is 0.269 e. The smallest absolute Gasteiger partial charge is 0.269 e. The average molecular weight is 1520 g/mol. The molecule has 21 heteroatoms. The molecular weight excluding hydrogens is 1420 g/mol. The number of anilines is 2. The van der Waals surface area contributed by atoms with Gasteiger partial charge in [-0.05, 0) is 113 Å². The average Bonchev–Trinajstić information content (AvgIpc) is 0.818. The van der Waals surface area contributed by atoms with Crippen molar-refractivity contribution in [3.8, 4) is 0 Å². The predicted octanol–water partition coefficient (Wildman–Crippen LogP) is 20.9. The van der Waals surface area contributed by atoms with Gasteiger partial charge in [-0.3, -0.25) is 70.2 Å². The minimum Gasteiger partial charge on any atom is -0.399 e. The fourth-order valence-electron chi connectivity index (χ4n) is 12.6. The van der Waals surface area contributed by atoms with Crippen LogP contribution in [0.4, 0.5) is 39.8 Å². The maximum atomic E-state index is 10.9. The summed E-state index contributed by atoms with van der Waals surface area (Å²) in [7, 11) is 0. The highest BCUT2D eigenvalue weighted by Crippen LogP contribution is 2.28. The van der Waals surface area contributed by atoms with Gasteiger partial charge in [-0.2, -0.15) is 0 Å². The molecule has 0 heterocycles. The van der Waals surface area contributed by atoms with E-state index in [0.29, 0.717) is 39.3 Å². The molecular formula is C92H97N11O10. The van der Waals surface area contributed by atoms with E-state index in [4.69, 9.17) is 11.5 Å². The number of nitro benzene ring substituents is 5. The van der Waals surface area contributed by atoms with E-state index in [1.807, 2.05) is 65.6 Å². The van der Waals surface area contributed by atoms with Crippen LogP contribution in [0, 0.1) is 50.6 Å². The van der Waals surface area contributed by atoms with E-state index < -0.39 is 24.6 Å². The van der Waals surface area contributed by atoms with Crippen LogP contribution in [0.25, 0.3) is 0 Å². The Labute approximate surface area is 660 Å². The molecule has 4 N–H and O–H groups in total. The highest BCUT2D eigenvalue weighted by Gasteiger charge is 2.20. The summed E-state index contributed by atoms with van der Waals surface area (Å²) in [6.07, 6.45) is 0. The van der Waals surface area contributed by atoms with Crippen LogP contribution in [-0.4, -0.2) is 44.2 Å². The van der Waals surface area contributed by atoms with Gasteiger partial charge in [0.1, 0.15) is 0 Å². The Hall–Kier alpha value is -12.9. The van der Waals surface area contributed by atoms with E-state index >= 15 is 0 Å². The van der Waals surface area contributed by atoms with Gasteiger partial charge < -0.3 is 11.5 Å². The van der Waals surface area contributed by atoms with Crippen molar-refractivity contribution >= 4 is 39.8 Å². The second-order valence-electron chi connectivity index (χ2n) is 30.0. The van der Waals surface area contributed by atoms with E-state index in [0.717, 1.165) is 84.0 Å². The van der Waals surface area contributed by atoms with Crippen molar-refractivity contribution in [1.82, 2.24) is 19.6 Å². The summed E-state index contributed by atoms with van der Waals surface area (Å²) >= 11 is 0. The molecule has 0 aliphatic rings. The van der Waals surface area contributed by atoms with E-state index in [-0.39, 0.29) is 39.3 Å². The molecule has 113 heavy (non-hydrogen) atoms. The lowest BCUT2D eigenvalue weighted by atomic mass is 9.86. The molecule has 0 aliphatic heterocycles. The van der Waals surface area contributed by atoms with E-state index in [2.05, 4.69) is 184 Å². The minimum absolute atomic E-state index is 0.000961. The highest BCUT2D eigenvalue weighted by atomic mass is 16.6. The molecule has 21 nitrogen and oxygen atoms in total. The Kier molecular flexibility index (Phi) is 30.7. The van der Waals surface area contributed by atoms with E-state index in [9.17, 15) is 50.6 Å². The van der Waals surface area contributed by atoms with Crippen LogP contribution in [0.15, 0.2) is 309 Å². The Morgan fingerprint density at radius 3 is 0.487 bits per heavy atom. The summed E-state index contributed by atoms with van der Waals surface area (Å²) < 4.78 is 0. The molecule has 0 bridgehead atoms. The molecule has 0 amide bonds. The third kappa shape index (κ3) is 28.5. The zero-order valence-electron chi connectivity index (χ0n) is 64.7. The standard InChI is InChI=1S/C29H37N.C21H18N4O6.C21H19N3O4.C21H23N3/c1-28(2,3)26-16-12-24(13-17-26)21-30(20-23-10-8-7-9-11-23)22-25-14-18-27(19-15-25)29(4,5)6;26-23(27)19-7-1-16(2-8-19)13-22(14-17-3-9-20(10-4-17)24(28)29)15-18-5-11-21(12-6-18)25(30)31;25-23(26)20-10-6-18(7-11-20)15-22(14-17-4-2-1-3-5-17)16-19-8-12-21(13-9-19)24(27)28;22-20-10-6-18(7-11-20)15-24(14-17-4-2-1-3-5-17)16-19-8-12-21(23)13-9-19/h7-19H,20-22H2,1-6H3;1-12H,13-15H2;1-13H,14-16H2;1-13H,14-16,22-23H2. The van der Waals surface area contributed by atoms with Crippen molar-refractivity contribution in [2.24, 2.45) is 0 Å². The molecule has 0 radical (unpaired) electrons. The fourth-order valence-corrected chi connectivity index (χ4v) is 12.6. The SMILES string of the molecule is CC(C)(C)c1ccc(CN(Cc2ccccc2)Cc2ccc(C(C)(C)C)cc2)cc1.Nc1ccc(CN(Cc2ccccc2)Cc2ccc(N)cc2)cc1.O=[N+]([O-])c1ccc(CN(Cc2ccc([N+](=O)[O-])cc2)Cc2ccc([N+](=O)[O-])cc2)cc1.O=[N+]([O-])c1ccc(CN(Cc2ccccc2)Cc2ccc([N+](=O)[O-])cc2)cc1. The van der Waals surface area contributed by atoms with Gasteiger partial charge in [0.2, 0.25) is 0 Å².